The number of rotatable bonds is 6. The van der Waals surface area contributed by atoms with Crippen LogP contribution in [0.1, 0.15) is 12.5 Å². The van der Waals surface area contributed by atoms with E-state index < -0.39 is 23.7 Å². The van der Waals surface area contributed by atoms with Crippen molar-refractivity contribution in [1.82, 2.24) is 14.1 Å². The highest BCUT2D eigenvalue weighted by Crippen LogP contribution is 2.22. The Hall–Kier alpha value is -4.20. The van der Waals surface area contributed by atoms with Gasteiger partial charge in [-0.05, 0) is 48.4 Å². The first kappa shape index (κ1) is 21.0. The highest BCUT2D eigenvalue weighted by Gasteiger charge is 2.19. The van der Waals surface area contributed by atoms with E-state index in [0.29, 0.717) is 17.1 Å². The van der Waals surface area contributed by atoms with Crippen LogP contribution in [0.3, 0.4) is 0 Å². The van der Waals surface area contributed by atoms with Crippen LogP contribution in [0.5, 0.6) is 5.75 Å². The van der Waals surface area contributed by atoms with E-state index in [-0.39, 0.29) is 11.0 Å². The first-order chi connectivity index (χ1) is 15.5. The maximum Gasteiger partial charge on any atom is 0.337 e. The average molecular weight is 430 g/mol. The standard InChI is InChI=1S/C24H22N4O4/c1-3-16-10-12-17(13-11-16)26-21(29)15-27-23(30)18-7-6-14-25-22(18)28(24(27)31)19-8-4-5-9-20(19)32-2/h4-14H,3,15H2,1-2H3,(H,26,29). The second kappa shape index (κ2) is 8.89. The third-order valence-electron chi connectivity index (χ3n) is 5.17. The van der Waals surface area contributed by atoms with Crippen molar-refractivity contribution in [3.63, 3.8) is 0 Å². The number of benzene rings is 2. The van der Waals surface area contributed by atoms with E-state index in [1.807, 2.05) is 19.1 Å². The molecular formula is C24H22N4O4. The Balaban J connectivity index is 1.80. The van der Waals surface area contributed by atoms with Gasteiger partial charge in [-0.1, -0.05) is 31.2 Å². The third kappa shape index (κ3) is 3.90. The summed E-state index contributed by atoms with van der Waals surface area (Å²) in [4.78, 5) is 43.4. The Bertz CT molecular complexity index is 1400. The summed E-state index contributed by atoms with van der Waals surface area (Å²) in [6, 6.07) is 17.5. The molecule has 2 aromatic heterocycles. The molecule has 0 saturated heterocycles. The Morgan fingerprint density at radius 2 is 1.78 bits per heavy atom. The quantitative estimate of drug-likeness (QED) is 0.508. The van der Waals surface area contributed by atoms with E-state index in [0.717, 1.165) is 16.6 Å². The van der Waals surface area contributed by atoms with Crippen molar-refractivity contribution in [3.05, 3.63) is 93.3 Å². The molecule has 0 atom stereocenters. The molecule has 2 heterocycles. The predicted octanol–water partition coefficient (Wildman–Crippen LogP) is 2.76. The smallest absolute Gasteiger partial charge is 0.337 e. The topological polar surface area (TPSA) is 95.2 Å². The molecule has 4 aromatic rings. The van der Waals surface area contributed by atoms with Gasteiger partial charge < -0.3 is 10.1 Å². The second-order valence-corrected chi connectivity index (χ2v) is 7.15. The fraction of sp³-hybridized carbons (Fsp3) is 0.167. The van der Waals surface area contributed by atoms with Crippen LogP contribution in [0.2, 0.25) is 0 Å². The van der Waals surface area contributed by atoms with Crippen LogP contribution in [0.25, 0.3) is 16.7 Å². The summed E-state index contributed by atoms with van der Waals surface area (Å²) < 4.78 is 7.60. The number of aryl methyl sites for hydroxylation is 1. The highest BCUT2D eigenvalue weighted by molar-refractivity contribution is 5.90. The Morgan fingerprint density at radius 1 is 1.03 bits per heavy atom. The minimum atomic E-state index is -0.679. The number of fused-ring (bicyclic) bond motifs is 1. The van der Waals surface area contributed by atoms with Gasteiger partial charge in [-0.15, -0.1) is 0 Å². The summed E-state index contributed by atoms with van der Waals surface area (Å²) in [6.07, 6.45) is 2.39. The van der Waals surface area contributed by atoms with Gasteiger partial charge >= 0.3 is 5.69 Å². The van der Waals surface area contributed by atoms with Gasteiger partial charge in [0.2, 0.25) is 5.91 Å². The molecule has 0 bridgehead atoms. The van der Waals surface area contributed by atoms with Gasteiger partial charge in [0.1, 0.15) is 12.3 Å². The maximum atomic E-state index is 13.4. The number of hydrogen-bond acceptors (Lipinski definition) is 5. The number of pyridine rings is 1. The van der Waals surface area contributed by atoms with Gasteiger partial charge in [0, 0.05) is 11.9 Å². The second-order valence-electron chi connectivity index (χ2n) is 7.15. The number of nitrogens with zero attached hydrogens (tertiary/aromatic N) is 3. The van der Waals surface area contributed by atoms with Gasteiger partial charge in [0.25, 0.3) is 5.56 Å². The first-order valence-electron chi connectivity index (χ1n) is 10.2. The normalized spacial score (nSPS) is 10.8. The Kier molecular flexibility index (Phi) is 5.85. The lowest BCUT2D eigenvalue weighted by molar-refractivity contribution is -0.116. The first-order valence-corrected chi connectivity index (χ1v) is 10.2. The highest BCUT2D eigenvalue weighted by atomic mass is 16.5. The van der Waals surface area contributed by atoms with Gasteiger partial charge in [-0.25, -0.2) is 18.9 Å². The molecule has 4 rings (SSSR count). The number of amides is 1. The summed E-state index contributed by atoms with van der Waals surface area (Å²) >= 11 is 0. The number of carbonyl (C=O) groups excluding carboxylic acids is 1. The molecule has 32 heavy (non-hydrogen) atoms. The fourth-order valence-electron chi connectivity index (χ4n) is 3.52. The lowest BCUT2D eigenvalue weighted by Crippen LogP contribution is -2.42. The predicted molar refractivity (Wildman–Crippen MR) is 123 cm³/mol. The summed E-state index contributed by atoms with van der Waals surface area (Å²) in [5, 5.41) is 2.96. The number of methoxy groups -OCH3 is 1. The fourth-order valence-corrected chi connectivity index (χ4v) is 3.52. The molecule has 0 unspecified atom stereocenters. The van der Waals surface area contributed by atoms with Gasteiger partial charge in [0.15, 0.2) is 5.65 Å². The summed E-state index contributed by atoms with van der Waals surface area (Å²) in [6.45, 7) is 1.61. The van der Waals surface area contributed by atoms with E-state index in [9.17, 15) is 14.4 Å². The van der Waals surface area contributed by atoms with Crippen molar-refractivity contribution >= 4 is 22.6 Å². The Labute approximate surface area is 183 Å². The van der Waals surface area contributed by atoms with Crippen LogP contribution in [0, 0.1) is 0 Å². The van der Waals surface area contributed by atoms with Gasteiger partial charge in [-0.2, -0.15) is 0 Å². The van der Waals surface area contributed by atoms with Crippen molar-refractivity contribution in [2.75, 3.05) is 12.4 Å². The molecule has 0 radical (unpaired) electrons. The van der Waals surface area contributed by atoms with Crippen LogP contribution in [-0.2, 0) is 17.8 Å². The van der Waals surface area contributed by atoms with E-state index in [1.165, 1.54) is 17.9 Å². The molecule has 0 aliphatic rings. The monoisotopic (exact) mass is 430 g/mol. The molecule has 0 aliphatic heterocycles. The molecule has 1 N–H and O–H groups in total. The number of carbonyl (C=O) groups is 1. The maximum absolute atomic E-state index is 13.4. The van der Waals surface area contributed by atoms with E-state index in [2.05, 4.69) is 10.3 Å². The molecular weight excluding hydrogens is 408 g/mol. The largest absolute Gasteiger partial charge is 0.495 e. The zero-order valence-corrected chi connectivity index (χ0v) is 17.7. The van der Waals surface area contributed by atoms with Crippen LogP contribution in [0.4, 0.5) is 5.69 Å². The SMILES string of the molecule is CCc1ccc(NC(=O)Cn2c(=O)c3cccnc3n(-c3ccccc3OC)c2=O)cc1. The molecule has 0 fully saturated rings. The molecule has 1 amide bonds. The number of nitrogens with one attached hydrogen (secondary N) is 1. The molecule has 0 spiro atoms. The van der Waals surface area contributed by atoms with Gasteiger partial charge in [0.05, 0.1) is 18.2 Å². The van der Waals surface area contributed by atoms with Crippen molar-refractivity contribution in [2.24, 2.45) is 0 Å². The van der Waals surface area contributed by atoms with Crippen molar-refractivity contribution in [3.8, 4) is 11.4 Å². The Morgan fingerprint density at radius 3 is 2.50 bits per heavy atom. The number of hydrogen-bond donors (Lipinski definition) is 1. The molecule has 8 heteroatoms. The van der Waals surface area contributed by atoms with Crippen LogP contribution in [-0.4, -0.2) is 27.1 Å². The number of aromatic nitrogens is 3. The molecule has 8 nitrogen and oxygen atoms in total. The van der Waals surface area contributed by atoms with Gasteiger partial charge in [-0.3, -0.25) is 9.59 Å². The number of anilines is 1. The van der Waals surface area contributed by atoms with E-state index in [4.69, 9.17) is 4.74 Å². The third-order valence-corrected chi connectivity index (χ3v) is 5.17. The lowest BCUT2D eigenvalue weighted by atomic mass is 10.1. The molecule has 0 aliphatic carbocycles. The van der Waals surface area contributed by atoms with Crippen molar-refractivity contribution in [2.45, 2.75) is 19.9 Å². The van der Waals surface area contributed by atoms with Crippen LogP contribution < -0.4 is 21.3 Å². The van der Waals surface area contributed by atoms with Crippen LogP contribution >= 0.6 is 0 Å². The molecule has 0 saturated carbocycles. The number of para-hydroxylation sites is 2. The van der Waals surface area contributed by atoms with E-state index >= 15 is 0 Å². The zero-order valence-electron chi connectivity index (χ0n) is 17.7. The molecule has 2 aromatic carbocycles. The minimum absolute atomic E-state index is 0.193. The zero-order chi connectivity index (χ0) is 22.7. The van der Waals surface area contributed by atoms with Crippen molar-refractivity contribution < 1.29 is 9.53 Å². The van der Waals surface area contributed by atoms with Crippen molar-refractivity contribution in [1.29, 1.82) is 0 Å². The number of ether oxygens (including phenoxy) is 1. The van der Waals surface area contributed by atoms with E-state index in [1.54, 1.807) is 48.5 Å². The van der Waals surface area contributed by atoms with Crippen LogP contribution in [0.15, 0.2) is 76.4 Å². The minimum Gasteiger partial charge on any atom is -0.495 e. The molecule has 162 valence electrons. The summed E-state index contributed by atoms with van der Waals surface area (Å²) in [7, 11) is 1.49. The lowest BCUT2D eigenvalue weighted by Gasteiger charge is -2.15. The summed E-state index contributed by atoms with van der Waals surface area (Å²) in [5.74, 6) is -0.0458. The average Bonchev–Trinajstić information content (AvgIpc) is 2.82. The summed E-state index contributed by atoms with van der Waals surface area (Å²) in [5.41, 5.74) is 1.09.